The molecule has 4 nitrogen and oxygen atoms in total. The number of methoxy groups -OCH3 is 1. The minimum Gasteiger partial charge on any atom is -0.495 e. The van der Waals surface area contributed by atoms with E-state index in [4.69, 9.17) is 4.74 Å². The van der Waals surface area contributed by atoms with E-state index in [1.807, 2.05) is 37.3 Å². The molecule has 1 aromatic heterocycles. The SMILES string of the molecule is COc1c(C(=O)Nc2nc3c(C)cc(C)cc3s2)cc2ccccc2c1Br. The Morgan fingerprint density at radius 1 is 1.19 bits per heavy atom. The number of halogens is 1. The van der Waals surface area contributed by atoms with Crippen molar-refractivity contribution in [2.24, 2.45) is 0 Å². The Labute approximate surface area is 169 Å². The minimum absolute atomic E-state index is 0.244. The van der Waals surface area contributed by atoms with E-state index >= 15 is 0 Å². The van der Waals surface area contributed by atoms with Gasteiger partial charge in [-0.25, -0.2) is 4.98 Å². The molecule has 0 fully saturated rings. The van der Waals surface area contributed by atoms with Crippen molar-refractivity contribution in [1.29, 1.82) is 0 Å². The highest BCUT2D eigenvalue weighted by Crippen LogP contribution is 2.37. The highest BCUT2D eigenvalue weighted by atomic mass is 79.9. The van der Waals surface area contributed by atoms with E-state index in [1.54, 1.807) is 7.11 Å². The lowest BCUT2D eigenvalue weighted by molar-refractivity contribution is 0.102. The van der Waals surface area contributed by atoms with E-state index in [-0.39, 0.29) is 5.91 Å². The first-order valence-electron chi connectivity index (χ1n) is 8.42. The second kappa shape index (κ2) is 6.94. The van der Waals surface area contributed by atoms with E-state index in [0.717, 1.165) is 31.0 Å². The molecule has 0 aliphatic rings. The number of aryl methyl sites for hydroxylation is 2. The molecule has 1 N–H and O–H groups in total. The molecule has 0 aliphatic heterocycles. The lowest BCUT2D eigenvalue weighted by atomic mass is 10.1. The highest BCUT2D eigenvalue weighted by Gasteiger charge is 2.19. The van der Waals surface area contributed by atoms with Crippen LogP contribution in [0.2, 0.25) is 0 Å². The van der Waals surface area contributed by atoms with E-state index in [0.29, 0.717) is 16.4 Å². The molecule has 1 heterocycles. The van der Waals surface area contributed by atoms with Crippen LogP contribution in [0.4, 0.5) is 5.13 Å². The number of nitrogens with one attached hydrogen (secondary N) is 1. The van der Waals surface area contributed by atoms with Crippen LogP contribution < -0.4 is 10.1 Å². The number of carbonyl (C=O) groups is 1. The van der Waals surface area contributed by atoms with Crippen molar-refractivity contribution in [2.75, 3.05) is 12.4 Å². The van der Waals surface area contributed by atoms with Gasteiger partial charge in [0, 0.05) is 0 Å². The molecule has 27 heavy (non-hydrogen) atoms. The summed E-state index contributed by atoms with van der Waals surface area (Å²) in [7, 11) is 1.56. The van der Waals surface area contributed by atoms with Crippen molar-refractivity contribution in [3.63, 3.8) is 0 Å². The Bertz CT molecular complexity index is 1200. The van der Waals surface area contributed by atoms with Gasteiger partial charge in [-0.15, -0.1) is 0 Å². The van der Waals surface area contributed by atoms with Gasteiger partial charge in [0.05, 0.1) is 27.4 Å². The zero-order valence-corrected chi connectivity index (χ0v) is 17.5. The fourth-order valence-electron chi connectivity index (χ4n) is 3.24. The molecular weight excluding hydrogens is 424 g/mol. The van der Waals surface area contributed by atoms with Crippen LogP contribution in [-0.4, -0.2) is 18.0 Å². The number of aromatic nitrogens is 1. The number of hydrogen-bond donors (Lipinski definition) is 1. The quantitative estimate of drug-likeness (QED) is 0.419. The fraction of sp³-hybridized carbons (Fsp3) is 0.143. The third-order valence-electron chi connectivity index (χ3n) is 4.44. The normalized spacial score (nSPS) is 11.1. The molecule has 6 heteroatoms. The molecule has 4 aromatic rings. The first-order valence-corrected chi connectivity index (χ1v) is 10.0. The van der Waals surface area contributed by atoms with Crippen LogP contribution in [0.15, 0.2) is 46.9 Å². The second-order valence-electron chi connectivity index (χ2n) is 6.39. The van der Waals surface area contributed by atoms with Crippen molar-refractivity contribution < 1.29 is 9.53 Å². The molecule has 0 saturated heterocycles. The molecule has 0 aliphatic carbocycles. The zero-order valence-electron chi connectivity index (χ0n) is 15.1. The van der Waals surface area contributed by atoms with Gasteiger partial charge in [0.1, 0.15) is 5.75 Å². The summed E-state index contributed by atoms with van der Waals surface area (Å²) >= 11 is 5.05. The van der Waals surface area contributed by atoms with Gasteiger partial charge in [-0.05, 0) is 63.8 Å². The lowest BCUT2D eigenvalue weighted by Gasteiger charge is -2.12. The topological polar surface area (TPSA) is 51.2 Å². The third-order valence-corrected chi connectivity index (χ3v) is 6.15. The average Bonchev–Trinajstić information content (AvgIpc) is 3.04. The van der Waals surface area contributed by atoms with Gasteiger partial charge >= 0.3 is 0 Å². The summed E-state index contributed by atoms with van der Waals surface area (Å²) in [5.41, 5.74) is 3.68. The number of nitrogens with zero attached hydrogens (tertiary/aromatic N) is 1. The maximum atomic E-state index is 13.0. The summed E-state index contributed by atoms with van der Waals surface area (Å²) < 4.78 is 7.34. The summed E-state index contributed by atoms with van der Waals surface area (Å²) in [6.07, 6.45) is 0. The van der Waals surface area contributed by atoms with Crippen molar-refractivity contribution in [3.05, 3.63) is 63.6 Å². The van der Waals surface area contributed by atoms with Crippen LogP contribution in [0, 0.1) is 13.8 Å². The zero-order chi connectivity index (χ0) is 19.1. The van der Waals surface area contributed by atoms with Crippen molar-refractivity contribution in [2.45, 2.75) is 13.8 Å². The number of rotatable bonds is 3. The Kier molecular flexibility index (Phi) is 4.61. The van der Waals surface area contributed by atoms with E-state index in [1.165, 1.54) is 16.9 Å². The first kappa shape index (κ1) is 17.9. The van der Waals surface area contributed by atoms with Gasteiger partial charge in [0.2, 0.25) is 0 Å². The van der Waals surface area contributed by atoms with Gasteiger partial charge in [0.25, 0.3) is 5.91 Å². The number of benzene rings is 3. The summed E-state index contributed by atoms with van der Waals surface area (Å²) in [5.74, 6) is 0.270. The van der Waals surface area contributed by atoms with Gasteiger partial charge in [-0.3, -0.25) is 10.1 Å². The molecular formula is C21H17BrN2O2S. The Morgan fingerprint density at radius 3 is 2.74 bits per heavy atom. The maximum absolute atomic E-state index is 13.0. The largest absolute Gasteiger partial charge is 0.495 e. The smallest absolute Gasteiger partial charge is 0.261 e. The van der Waals surface area contributed by atoms with E-state index in [2.05, 4.69) is 45.3 Å². The molecule has 136 valence electrons. The second-order valence-corrected chi connectivity index (χ2v) is 8.22. The summed E-state index contributed by atoms with van der Waals surface area (Å²) in [4.78, 5) is 17.6. The van der Waals surface area contributed by atoms with Gasteiger partial charge in [0.15, 0.2) is 5.13 Å². The number of thiazole rings is 1. The monoisotopic (exact) mass is 440 g/mol. The molecule has 0 radical (unpaired) electrons. The van der Waals surface area contributed by atoms with Crippen molar-refractivity contribution in [3.8, 4) is 5.75 Å². The van der Waals surface area contributed by atoms with Crippen LogP contribution in [0.25, 0.3) is 21.0 Å². The molecule has 0 unspecified atom stereocenters. The van der Waals surface area contributed by atoms with E-state index < -0.39 is 0 Å². The standard InChI is InChI=1S/C21H17BrN2O2S/c1-11-8-12(2)18-16(9-11)27-21(23-18)24-20(25)15-10-13-6-4-5-7-14(13)17(22)19(15)26-3/h4-10H,1-3H3,(H,23,24,25). The minimum atomic E-state index is -0.244. The molecule has 1 amide bonds. The van der Waals surface area contributed by atoms with Crippen LogP contribution >= 0.6 is 27.3 Å². The number of carbonyl (C=O) groups excluding carboxylic acids is 1. The number of amides is 1. The first-order chi connectivity index (χ1) is 13.0. The number of hydrogen-bond acceptors (Lipinski definition) is 4. The molecule has 0 atom stereocenters. The van der Waals surface area contributed by atoms with Crippen molar-refractivity contribution >= 4 is 59.3 Å². The average molecular weight is 441 g/mol. The highest BCUT2D eigenvalue weighted by molar-refractivity contribution is 9.10. The third kappa shape index (κ3) is 3.19. The van der Waals surface area contributed by atoms with Crippen LogP contribution in [0.3, 0.4) is 0 Å². The fourth-order valence-corrected chi connectivity index (χ4v) is 5.01. The van der Waals surface area contributed by atoms with Crippen molar-refractivity contribution in [1.82, 2.24) is 4.98 Å². The van der Waals surface area contributed by atoms with E-state index in [9.17, 15) is 4.79 Å². The molecule has 4 rings (SSSR count). The number of anilines is 1. The number of fused-ring (bicyclic) bond motifs is 2. The van der Waals surface area contributed by atoms with Gasteiger partial charge in [-0.2, -0.15) is 0 Å². The van der Waals surface area contributed by atoms with Gasteiger partial charge < -0.3 is 4.74 Å². The predicted molar refractivity (Wildman–Crippen MR) is 115 cm³/mol. The number of ether oxygens (including phenoxy) is 1. The molecule has 0 saturated carbocycles. The van der Waals surface area contributed by atoms with Crippen LogP contribution in [0.1, 0.15) is 21.5 Å². The molecule has 0 bridgehead atoms. The summed E-state index contributed by atoms with van der Waals surface area (Å²) in [5, 5.41) is 5.47. The molecule has 3 aromatic carbocycles. The lowest BCUT2D eigenvalue weighted by Crippen LogP contribution is -2.13. The Balaban J connectivity index is 1.76. The Morgan fingerprint density at radius 2 is 1.96 bits per heavy atom. The maximum Gasteiger partial charge on any atom is 0.261 e. The summed E-state index contributed by atoms with van der Waals surface area (Å²) in [6.45, 7) is 4.09. The predicted octanol–water partition coefficient (Wildman–Crippen LogP) is 6.09. The summed E-state index contributed by atoms with van der Waals surface area (Å²) in [6, 6.07) is 13.9. The van der Waals surface area contributed by atoms with Gasteiger partial charge in [-0.1, -0.05) is 41.7 Å². The van der Waals surface area contributed by atoms with Crippen LogP contribution in [-0.2, 0) is 0 Å². The Hall–Kier alpha value is -2.44. The van der Waals surface area contributed by atoms with Crippen LogP contribution in [0.5, 0.6) is 5.75 Å². The molecule has 0 spiro atoms.